The Balaban J connectivity index is 2.04. The summed E-state index contributed by atoms with van der Waals surface area (Å²) < 4.78 is 15.1. The molecule has 0 aliphatic heterocycles. The van der Waals surface area contributed by atoms with Crippen LogP contribution in [0.2, 0.25) is 0 Å². The van der Waals surface area contributed by atoms with Crippen molar-refractivity contribution in [3.8, 4) is 17.6 Å². The Bertz CT molecular complexity index is 821. The van der Waals surface area contributed by atoms with Crippen LogP contribution in [0.15, 0.2) is 24.3 Å². The molecule has 8 heteroatoms. The lowest BCUT2D eigenvalue weighted by Gasteiger charge is -2.07. The van der Waals surface area contributed by atoms with Crippen LogP contribution in [0.1, 0.15) is 20.8 Å². The minimum atomic E-state index is -0.547. The average Bonchev–Trinajstić information content (AvgIpc) is 2.94. The topological polar surface area (TPSA) is 97.7 Å². The number of amides is 1. The first-order valence-electron chi connectivity index (χ1n) is 7.18. The molecule has 25 heavy (non-hydrogen) atoms. The second-order valence-corrected chi connectivity index (χ2v) is 5.90. The van der Waals surface area contributed by atoms with Gasteiger partial charge in [0.05, 0.1) is 19.8 Å². The largest absolute Gasteiger partial charge is 0.497 e. The molecule has 0 saturated heterocycles. The second kappa shape index (κ2) is 8.17. The Morgan fingerprint density at radius 2 is 1.84 bits per heavy atom. The molecular weight excluding hydrogens is 344 g/mol. The van der Waals surface area contributed by atoms with Crippen molar-refractivity contribution in [2.75, 3.05) is 26.1 Å². The number of hydrogen-bond acceptors (Lipinski definition) is 7. The van der Waals surface area contributed by atoms with Gasteiger partial charge in [0.2, 0.25) is 0 Å². The molecule has 0 aliphatic carbocycles. The number of nitrogens with one attached hydrogen (secondary N) is 1. The molecule has 7 nitrogen and oxygen atoms in total. The van der Waals surface area contributed by atoms with Gasteiger partial charge in [0.25, 0.3) is 5.91 Å². The van der Waals surface area contributed by atoms with Crippen molar-refractivity contribution in [3.63, 3.8) is 0 Å². The minimum absolute atomic E-state index is 0.234. The summed E-state index contributed by atoms with van der Waals surface area (Å²) in [6, 6.07) is 8.77. The van der Waals surface area contributed by atoms with Crippen LogP contribution in [-0.4, -0.2) is 32.7 Å². The molecule has 0 radical (unpaired) electrons. The fourth-order valence-corrected chi connectivity index (χ4v) is 3.10. The van der Waals surface area contributed by atoms with Gasteiger partial charge >= 0.3 is 5.97 Å². The van der Waals surface area contributed by atoms with E-state index in [4.69, 9.17) is 9.47 Å². The number of anilines is 1. The van der Waals surface area contributed by atoms with E-state index in [1.165, 1.54) is 7.11 Å². The number of ether oxygens (including phenoxy) is 3. The summed E-state index contributed by atoms with van der Waals surface area (Å²) in [4.78, 5) is 24.0. The lowest BCUT2D eigenvalue weighted by molar-refractivity contribution is -0.118. The van der Waals surface area contributed by atoms with E-state index in [2.05, 4.69) is 10.1 Å². The summed E-state index contributed by atoms with van der Waals surface area (Å²) in [5, 5.41) is 12.1. The standard InChI is InChI=1S/C17H16N2O5S/c1-10-13(8-18)16(25-15(10)17(21)23-3)19-14(20)9-24-12-6-4-11(22-2)5-7-12/h4-7H,9H2,1-3H3,(H,19,20). The van der Waals surface area contributed by atoms with Crippen molar-refractivity contribution >= 4 is 28.2 Å². The molecule has 0 atom stereocenters. The Kier molecular flexibility index (Phi) is 5.98. The van der Waals surface area contributed by atoms with E-state index in [1.807, 2.05) is 6.07 Å². The molecule has 2 aromatic rings. The van der Waals surface area contributed by atoms with Gasteiger partial charge in [0.15, 0.2) is 6.61 Å². The maximum atomic E-state index is 12.1. The number of methoxy groups -OCH3 is 2. The Morgan fingerprint density at radius 3 is 2.40 bits per heavy atom. The zero-order chi connectivity index (χ0) is 18.4. The zero-order valence-corrected chi connectivity index (χ0v) is 14.7. The summed E-state index contributed by atoms with van der Waals surface area (Å²) in [7, 11) is 2.82. The highest BCUT2D eigenvalue weighted by atomic mass is 32.1. The van der Waals surface area contributed by atoms with Crippen LogP contribution in [0.3, 0.4) is 0 Å². The van der Waals surface area contributed by atoms with Crippen LogP contribution in [0, 0.1) is 18.3 Å². The van der Waals surface area contributed by atoms with E-state index >= 15 is 0 Å². The van der Waals surface area contributed by atoms with Crippen LogP contribution < -0.4 is 14.8 Å². The summed E-state index contributed by atoms with van der Waals surface area (Å²) >= 11 is 0.997. The van der Waals surface area contributed by atoms with Gasteiger partial charge in [-0.05, 0) is 36.8 Å². The fourth-order valence-electron chi connectivity index (χ4n) is 2.01. The van der Waals surface area contributed by atoms with Gasteiger partial charge in [0.1, 0.15) is 27.4 Å². The van der Waals surface area contributed by atoms with Gasteiger partial charge in [-0.1, -0.05) is 0 Å². The van der Waals surface area contributed by atoms with Gasteiger partial charge < -0.3 is 19.5 Å². The molecule has 1 heterocycles. The first kappa shape index (κ1) is 18.3. The van der Waals surface area contributed by atoms with Crippen molar-refractivity contribution < 1.29 is 23.8 Å². The average molecular weight is 360 g/mol. The number of benzene rings is 1. The van der Waals surface area contributed by atoms with E-state index in [1.54, 1.807) is 38.3 Å². The molecule has 0 unspecified atom stereocenters. The highest BCUT2D eigenvalue weighted by molar-refractivity contribution is 7.18. The van der Waals surface area contributed by atoms with E-state index in [-0.39, 0.29) is 17.0 Å². The fraction of sp³-hybridized carbons (Fsp3) is 0.235. The smallest absolute Gasteiger partial charge is 0.348 e. The monoisotopic (exact) mass is 360 g/mol. The molecule has 2 rings (SSSR count). The van der Waals surface area contributed by atoms with Gasteiger partial charge in [-0.2, -0.15) is 5.26 Å². The lowest BCUT2D eigenvalue weighted by Crippen LogP contribution is -2.20. The van der Waals surface area contributed by atoms with E-state index in [0.717, 1.165) is 11.3 Å². The molecule has 1 aromatic heterocycles. The number of nitriles is 1. The van der Waals surface area contributed by atoms with Crippen molar-refractivity contribution in [1.82, 2.24) is 0 Å². The van der Waals surface area contributed by atoms with Gasteiger partial charge in [-0.3, -0.25) is 4.79 Å². The molecule has 0 fully saturated rings. The highest BCUT2D eigenvalue weighted by Gasteiger charge is 2.21. The Morgan fingerprint density at radius 1 is 1.20 bits per heavy atom. The predicted molar refractivity (Wildman–Crippen MR) is 92.2 cm³/mol. The minimum Gasteiger partial charge on any atom is -0.497 e. The lowest BCUT2D eigenvalue weighted by atomic mass is 10.2. The van der Waals surface area contributed by atoms with Gasteiger partial charge in [-0.25, -0.2) is 4.79 Å². The Hall–Kier alpha value is -3.05. The molecule has 0 spiro atoms. The van der Waals surface area contributed by atoms with Crippen molar-refractivity contribution in [2.45, 2.75) is 6.92 Å². The SMILES string of the molecule is COC(=O)c1sc(NC(=O)COc2ccc(OC)cc2)c(C#N)c1C. The molecule has 1 aromatic carbocycles. The molecule has 0 saturated carbocycles. The summed E-state index contributed by atoms with van der Waals surface area (Å²) in [5.74, 6) is 0.202. The maximum absolute atomic E-state index is 12.1. The quantitative estimate of drug-likeness (QED) is 0.796. The van der Waals surface area contributed by atoms with E-state index < -0.39 is 11.9 Å². The van der Waals surface area contributed by atoms with Crippen LogP contribution in [0.5, 0.6) is 11.5 Å². The third-order valence-corrected chi connectivity index (χ3v) is 4.50. The number of thiophene rings is 1. The summed E-state index contributed by atoms with van der Waals surface area (Å²) in [6.45, 7) is 1.40. The van der Waals surface area contributed by atoms with E-state index in [9.17, 15) is 14.9 Å². The number of rotatable bonds is 6. The normalized spacial score (nSPS) is 9.84. The van der Waals surface area contributed by atoms with Gasteiger partial charge in [0, 0.05) is 0 Å². The first-order chi connectivity index (χ1) is 12.0. The number of nitrogens with zero attached hydrogens (tertiary/aromatic N) is 1. The van der Waals surface area contributed by atoms with Crippen molar-refractivity contribution in [3.05, 3.63) is 40.3 Å². The Labute approximate surface area is 148 Å². The van der Waals surface area contributed by atoms with Crippen LogP contribution in [0.25, 0.3) is 0 Å². The molecule has 0 aliphatic rings. The number of esters is 1. The molecule has 1 N–H and O–H groups in total. The summed E-state index contributed by atoms with van der Waals surface area (Å²) in [5.41, 5.74) is 0.717. The summed E-state index contributed by atoms with van der Waals surface area (Å²) in [6.07, 6.45) is 0. The van der Waals surface area contributed by atoms with Crippen LogP contribution in [-0.2, 0) is 9.53 Å². The molecule has 130 valence electrons. The molecular formula is C17H16N2O5S. The van der Waals surface area contributed by atoms with Gasteiger partial charge in [-0.15, -0.1) is 11.3 Å². The van der Waals surface area contributed by atoms with Crippen molar-refractivity contribution in [1.29, 1.82) is 5.26 Å². The van der Waals surface area contributed by atoms with Crippen LogP contribution in [0.4, 0.5) is 5.00 Å². The number of carbonyl (C=O) groups is 2. The third-order valence-electron chi connectivity index (χ3n) is 3.31. The van der Waals surface area contributed by atoms with Crippen molar-refractivity contribution in [2.24, 2.45) is 0 Å². The van der Waals surface area contributed by atoms with E-state index in [0.29, 0.717) is 22.1 Å². The third kappa shape index (κ3) is 4.28. The number of carbonyl (C=O) groups excluding carboxylic acids is 2. The predicted octanol–water partition coefficient (Wildman–Crippen LogP) is 2.74. The maximum Gasteiger partial charge on any atom is 0.348 e. The second-order valence-electron chi connectivity index (χ2n) is 4.88. The molecule has 0 bridgehead atoms. The molecule has 1 amide bonds. The zero-order valence-electron chi connectivity index (χ0n) is 13.9. The highest BCUT2D eigenvalue weighted by Crippen LogP contribution is 2.32. The first-order valence-corrected chi connectivity index (χ1v) is 8.00. The number of hydrogen-bond donors (Lipinski definition) is 1. The van der Waals surface area contributed by atoms with Crippen LogP contribution >= 0.6 is 11.3 Å².